The van der Waals surface area contributed by atoms with Crippen molar-refractivity contribution in [2.75, 3.05) is 24.6 Å². The Labute approximate surface area is 108 Å². The fourth-order valence-electron chi connectivity index (χ4n) is 3.28. The Morgan fingerprint density at radius 3 is 2.17 bits per heavy atom. The van der Waals surface area contributed by atoms with Crippen molar-refractivity contribution < 1.29 is 18.3 Å². The molecule has 18 heavy (non-hydrogen) atoms. The summed E-state index contributed by atoms with van der Waals surface area (Å²) in [5, 5.41) is 9.12. The van der Waals surface area contributed by atoms with E-state index in [0.29, 0.717) is 13.1 Å². The second-order valence-electron chi connectivity index (χ2n) is 5.49. The summed E-state index contributed by atoms with van der Waals surface area (Å²) < 4.78 is 22.9. The molecule has 104 valence electrons. The van der Waals surface area contributed by atoms with E-state index >= 15 is 0 Å². The third-order valence-corrected chi connectivity index (χ3v) is 5.89. The van der Waals surface area contributed by atoms with Gasteiger partial charge in [-0.3, -0.25) is 9.69 Å². The van der Waals surface area contributed by atoms with E-state index in [1.165, 1.54) is 0 Å². The van der Waals surface area contributed by atoms with Crippen LogP contribution in [0.5, 0.6) is 0 Å². The summed E-state index contributed by atoms with van der Waals surface area (Å²) in [5.41, 5.74) is -0.292. The van der Waals surface area contributed by atoms with E-state index in [-0.39, 0.29) is 23.5 Å². The maximum atomic E-state index is 11.5. The molecule has 0 aromatic carbocycles. The Bertz CT molecular complexity index is 398. The van der Waals surface area contributed by atoms with Gasteiger partial charge in [0.2, 0.25) is 0 Å². The van der Waals surface area contributed by atoms with Gasteiger partial charge in [0.1, 0.15) is 0 Å². The molecule has 0 bridgehead atoms. The summed E-state index contributed by atoms with van der Waals surface area (Å²) in [6, 6.07) is 0. The minimum absolute atomic E-state index is 0.146. The van der Waals surface area contributed by atoms with Crippen LogP contribution < -0.4 is 0 Å². The standard InChI is InChI=1S/C12H21NO4S/c14-11(15)10-12(4-2-1-3-5-12)13-6-8-18(16,17)9-7-13/h1-10H2,(H,14,15). The molecule has 0 aromatic rings. The second-order valence-corrected chi connectivity index (χ2v) is 7.80. The van der Waals surface area contributed by atoms with Crippen LogP contribution in [0.15, 0.2) is 0 Å². The van der Waals surface area contributed by atoms with E-state index in [1.54, 1.807) is 0 Å². The van der Waals surface area contributed by atoms with E-state index in [1.807, 2.05) is 0 Å². The molecule has 0 unspecified atom stereocenters. The number of sulfone groups is 1. The zero-order chi connectivity index (χ0) is 13.2. The Morgan fingerprint density at radius 2 is 1.67 bits per heavy atom. The first-order chi connectivity index (χ1) is 8.44. The number of aliphatic carboxylic acids is 1. The fourth-order valence-corrected chi connectivity index (χ4v) is 4.48. The minimum atomic E-state index is -2.90. The molecule has 0 atom stereocenters. The first kappa shape index (κ1) is 13.8. The van der Waals surface area contributed by atoms with E-state index in [0.717, 1.165) is 32.1 Å². The van der Waals surface area contributed by atoms with Crippen LogP contribution in [0.3, 0.4) is 0 Å². The molecule has 0 amide bonds. The molecule has 1 N–H and O–H groups in total. The smallest absolute Gasteiger partial charge is 0.305 e. The second kappa shape index (κ2) is 5.17. The Kier molecular flexibility index (Phi) is 3.96. The maximum Gasteiger partial charge on any atom is 0.305 e. The summed E-state index contributed by atoms with van der Waals surface area (Å²) in [5.74, 6) is -0.423. The van der Waals surface area contributed by atoms with Gasteiger partial charge in [0, 0.05) is 18.6 Å². The van der Waals surface area contributed by atoms with Crippen LogP contribution in [-0.2, 0) is 14.6 Å². The number of carbonyl (C=O) groups is 1. The largest absolute Gasteiger partial charge is 0.481 e. The van der Waals surface area contributed by atoms with Gasteiger partial charge in [-0.15, -0.1) is 0 Å². The predicted molar refractivity (Wildman–Crippen MR) is 68.3 cm³/mol. The number of nitrogens with zero attached hydrogens (tertiary/aromatic N) is 1. The molecule has 1 aliphatic heterocycles. The normalized spacial score (nSPS) is 27.8. The summed E-state index contributed by atoms with van der Waals surface area (Å²) in [6.07, 6.45) is 5.19. The molecule has 2 fully saturated rings. The van der Waals surface area contributed by atoms with Gasteiger partial charge in [0.25, 0.3) is 0 Å². The van der Waals surface area contributed by atoms with Crippen LogP contribution in [0.1, 0.15) is 38.5 Å². The molecule has 0 radical (unpaired) electrons. The molecule has 1 saturated carbocycles. The lowest BCUT2D eigenvalue weighted by Crippen LogP contribution is -2.56. The number of carboxylic acids is 1. The number of hydrogen-bond acceptors (Lipinski definition) is 4. The quantitative estimate of drug-likeness (QED) is 0.828. The molecular formula is C12H21NO4S. The Balaban J connectivity index is 2.11. The van der Waals surface area contributed by atoms with Crippen molar-refractivity contribution in [1.82, 2.24) is 4.90 Å². The van der Waals surface area contributed by atoms with Crippen molar-refractivity contribution in [3.8, 4) is 0 Å². The van der Waals surface area contributed by atoms with Crippen molar-refractivity contribution in [1.29, 1.82) is 0 Å². The number of rotatable bonds is 3. The van der Waals surface area contributed by atoms with Crippen LogP contribution in [0.2, 0.25) is 0 Å². The van der Waals surface area contributed by atoms with Gasteiger partial charge >= 0.3 is 5.97 Å². The van der Waals surface area contributed by atoms with Crippen molar-refractivity contribution >= 4 is 15.8 Å². The van der Waals surface area contributed by atoms with E-state index in [4.69, 9.17) is 5.11 Å². The van der Waals surface area contributed by atoms with Gasteiger partial charge in [-0.25, -0.2) is 8.42 Å². The lowest BCUT2D eigenvalue weighted by Gasteiger charge is -2.47. The zero-order valence-electron chi connectivity index (χ0n) is 10.6. The highest BCUT2D eigenvalue weighted by molar-refractivity contribution is 7.91. The number of hydrogen-bond donors (Lipinski definition) is 1. The van der Waals surface area contributed by atoms with Crippen molar-refractivity contribution in [2.24, 2.45) is 0 Å². The van der Waals surface area contributed by atoms with E-state index < -0.39 is 15.8 Å². The van der Waals surface area contributed by atoms with Crippen LogP contribution in [0, 0.1) is 0 Å². The minimum Gasteiger partial charge on any atom is -0.481 e. The van der Waals surface area contributed by atoms with Gasteiger partial charge in [-0.05, 0) is 12.8 Å². The fraction of sp³-hybridized carbons (Fsp3) is 0.917. The van der Waals surface area contributed by atoms with Crippen molar-refractivity contribution in [3.63, 3.8) is 0 Å². The van der Waals surface area contributed by atoms with E-state index in [2.05, 4.69) is 4.90 Å². The summed E-state index contributed by atoms with van der Waals surface area (Å²) in [7, 11) is -2.90. The number of carboxylic acid groups (broad SMARTS) is 1. The molecule has 2 rings (SSSR count). The van der Waals surface area contributed by atoms with Gasteiger partial charge in [-0.2, -0.15) is 0 Å². The zero-order valence-corrected chi connectivity index (χ0v) is 11.4. The molecule has 0 aromatic heterocycles. The molecular weight excluding hydrogens is 254 g/mol. The topological polar surface area (TPSA) is 74.7 Å². The van der Waals surface area contributed by atoms with Gasteiger partial charge < -0.3 is 5.11 Å². The van der Waals surface area contributed by atoms with Crippen molar-refractivity contribution in [2.45, 2.75) is 44.1 Å². The lowest BCUT2D eigenvalue weighted by molar-refractivity contribution is -0.141. The third-order valence-electron chi connectivity index (χ3n) is 4.28. The van der Waals surface area contributed by atoms with Crippen LogP contribution >= 0.6 is 0 Å². The van der Waals surface area contributed by atoms with Gasteiger partial charge in [0.15, 0.2) is 9.84 Å². The first-order valence-corrected chi connectivity index (χ1v) is 8.43. The first-order valence-electron chi connectivity index (χ1n) is 6.61. The summed E-state index contributed by atoms with van der Waals surface area (Å²) in [4.78, 5) is 13.2. The molecule has 1 aliphatic carbocycles. The third kappa shape index (κ3) is 3.03. The molecule has 2 aliphatic rings. The van der Waals surface area contributed by atoms with Gasteiger partial charge in [0.05, 0.1) is 17.9 Å². The highest BCUT2D eigenvalue weighted by atomic mass is 32.2. The average molecular weight is 275 g/mol. The molecule has 1 saturated heterocycles. The summed E-state index contributed by atoms with van der Waals surface area (Å²) in [6.45, 7) is 0.991. The molecule has 5 nitrogen and oxygen atoms in total. The van der Waals surface area contributed by atoms with Crippen molar-refractivity contribution in [3.05, 3.63) is 0 Å². The molecule has 0 spiro atoms. The molecule has 1 heterocycles. The highest BCUT2D eigenvalue weighted by Crippen LogP contribution is 2.37. The van der Waals surface area contributed by atoms with Crippen LogP contribution in [-0.4, -0.2) is 54.5 Å². The SMILES string of the molecule is O=C(O)CC1(N2CCS(=O)(=O)CC2)CCCCC1. The maximum absolute atomic E-state index is 11.5. The lowest BCUT2D eigenvalue weighted by atomic mass is 9.77. The van der Waals surface area contributed by atoms with Crippen LogP contribution in [0.25, 0.3) is 0 Å². The van der Waals surface area contributed by atoms with E-state index in [9.17, 15) is 13.2 Å². The Morgan fingerprint density at radius 1 is 1.11 bits per heavy atom. The highest BCUT2D eigenvalue weighted by Gasteiger charge is 2.41. The molecule has 6 heteroatoms. The summed E-state index contributed by atoms with van der Waals surface area (Å²) >= 11 is 0. The Hall–Kier alpha value is -0.620. The average Bonchev–Trinajstić information content (AvgIpc) is 2.28. The van der Waals surface area contributed by atoms with Gasteiger partial charge in [-0.1, -0.05) is 19.3 Å². The predicted octanol–water partition coefficient (Wildman–Crippen LogP) is 0.894. The monoisotopic (exact) mass is 275 g/mol. The van der Waals surface area contributed by atoms with Crippen LogP contribution in [0.4, 0.5) is 0 Å².